The first kappa shape index (κ1) is 13.4. The third kappa shape index (κ3) is 2.41. The summed E-state index contributed by atoms with van der Waals surface area (Å²) >= 11 is 5.39. The highest BCUT2D eigenvalue weighted by molar-refractivity contribution is 7.71. The standard InChI is InChI=1S/C16H13N3OS/c1-20-15-5-3-2-4-12(15)10-19-14-8-11(9-17)6-7-13(14)18-16(19)21/h2-8H,10H2,1H3,(H,18,21). The molecule has 0 saturated carbocycles. The number of hydrogen-bond acceptors (Lipinski definition) is 3. The second-order valence-electron chi connectivity index (χ2n) is 4.67. The van der Waals surface area contributed by atoms with Crippen LogP contribution < -0.4 is 4.74 Å². The first-order valence-corrected chi connectivity index (χ1v) is 6.88. The average molecular weight is 295 g/mol. The van der Waals surface area contributed by atoms with Crippen molar-refractivity contribution in [3.63, 3.8) is 0 Å². The quantitative estimate of drug-likeness (QED) is 0.751. The van der Waals surface area contributed by atoms with Crippen molar-refractivity contribution in [1.29, 1.82) is 5.26 Å². The van der Waals surface area contributed by atoms with Crippen molar-refractivity contribution in [2.45, 2.75) is 6.54 Å². The molecule has 0 bridgehead atoms. The lowest BCUT2D eigenvalue weighted by atomic mass is 10.2. The molecule has 0 spiro atoms. The van der Waals surface area contributed by atoms with Gasteiger partial charge in [-0.1, -0.05) is 18.2 Å². The van der Waals surface area contributed by atoms with Crippen LogP contribution in [0.15, 0.2) is 42.5 Å². The number of hydrogen-bond donors (Lipinski definition) is 1. The average Bonchev–Trinajstić information content (AvgIpc) is 2.83. The molecule has 0 aliphatic heterocycles. The lowest BCUT2D eigenvalue weighted by molar-refractivity contribution is 0.408. The fourth-order valence-corrected chi connectivity index (χ4v) is 2.66. The number of imidazole rings is 1. The number of nitriles is 1. The number of fused-ring (bicyclic) bond motifs is 1. The van der Waals surface area contributed by atoms with E-state index in [0.29, 0.717) is 16.9 Å². The van der Waals surface area contributed by atoms with E-state index in [1.54, 1.807) is 13.2 Å². The summed E-state index contributed by atoms with van der Waals surface area (Å²) in [6.07, 6.45) is 0. The third-order valence-corrected chi connectivity index (χ3v) is 3.75. The van der Waals surface area contributed by atoms with Gasteiger partial charge >= 0.3 is 0 Å². The van der Waals surface area contributed by atoms with Crippen molar-refractivity contribution in [3.8, 4) is 11.8 Å². The molecule has 1 N–H and O–H groups in total. The van der Waals surface area contributed by atoms with Gasteiger partial charge in [0, 0.05) is 5.56 Å². The monoisotopic (exact) mass is 295 g/mol. The van der Waals surface area contributed by atoms with Crippen LogP contribution in [0.5, 0.6) is 5.75 Å². The van der Waals surface area contributed by atoms with Gasteiger partial charge in [0.25, 0.3) is 0 Å². The van der Waals surface area contributed by atoms with E-state index in [1.165, 1.54) is 0 Å². The topological polar surface area (TPSA) is 53.7 Å². The molecule has 2 aromatic carbocycles. The highest BCUT2D eigenvalue weighted by Gasteiger charge is 2.09. The molecule has 0 saturated heterocycles. The van der Waals surface area contributed by atoms with Crippen LogP contribution in [0.25, 0.3) is 11.0 Å². The zero-order valence-corrected chi connectivity index (χ0v) is 12.3. The minimum absolute atomic E-state index is 0.595. The summed E-state index contributed by atoms with van der Waals surface area (Å²) in [6, 6.07) is 15.5. The van der Waals surface area contributed by atoms with E-state index in [2.05, 4.69) is 11.1 Å². The van der Waals surface area contributed by atoms with Gasteiger partial charge in [0.05, 0.1) is 36.3 Å². The van der Waals surface area contributed by atoms with Crippen molar-refractivity contribution < 1.29 is 4.74 Å². The van der Waals surface area contributed by atoms with Crippen LogP contribution in [0.1, 0.15) is 11.1 Å². The normalized spacial score (nSPS) is 10.5. The molecular weight excluding hydrogens is 282 g/mol. The Kier molecular flexibility index (Phi) is 3.46. The number of aromatic amines is 1. The summed E-state index contributed by atoms with van der Waals surface area (Å²) in [6.45, 7) is 0.595. The lowest BCUT2D eigenvalue weighted by Gasteiger charge is -2.09. The predicted molar refractivity (Wildman–Crippen MR) is 83.9 cm³/mol. The molecule has 0 unspecified atom stereocenters. The van der Waals surface area contributed by atoms with Crippen molar-refractivity contribution >= 4 is 23.3 Å². The Balaban J connectivity index is 2.14. The Morgan fingerprint density at radius 2 is 2.10 bits per heavy atom. The summed E-state index contributed by atoms with van der Waals surface area (Å²) in [5, 5.41) is 9.05. The van der Waals surface area contributed by atoms with Crippen LogP contribution in [0.3, 0.4) is 0 Å². The van der Waals surface area contributed by atoms with Gasteiger partial charge in [-0.15, -0.1) is 0 Å². The molecule has 0 amide bonds. The van der Waals surface area contributed by atoms with E-state index >= 15 is 0 Å². The van der Waals surface area contributed by atoms with E-state index in [1.807, 2.05) is 41.0 Å². The molecule has 0 aliphatic rings. The van der Waals surface area contributed by atoms with Gasteiger partial charge in [0.2, 0.25) is 0 Å². The van der Waals surface area contributed by atoms with Crippen molar-refractivity contribution in [2.24, 2.45) is 0 Å². The summed E-state index contributed by atoms with van der Waals surface area (Å²) in [4.78, 5) is 3.16. The summed E-state index contributed by atoms with van der Waals surface area (Å²) < 4.78 is 7.99. The van der Waals surface area contributed by atoms with Gasteiger partial charge < -0.3 is 14.3 Å². The van der Waals surface area contributed by atoms with Gasteiger partial charge in [0.15, 0.2) is 4.77 Å². The molecule has 0 radical (unpaired) electrons. The largest absolute Gasteiger partial charge is 0.496 e. The zero-order valence-electron chi connectivity index (χ0n) is 11.5. The molecule has 0 fully saturated rings. The Labute approximate surface area is 127 Å². The highest BCUT2D eigenvalue weighted by Crippen LogP contribution is 2.22. The molecule has 3 aromatic rings. The number of ether oxygens (including phenoxy) is 1. The first-order chi connectivity index (χ1) is 10.2. The summed E-state index contributed by atoms with van der Waals surface area (Å²) in [7, 11) is 1.65. The molecule has 5 heteroatoms. The van der Waals surface area contributed by atoms with Gasteiger partial charge in [-0.05, 0) is 36.5 Å². The first-order valence-electron chi connectivity index (χ1n) is 6.47. The number of aromatic nitrogens is 2. The van der Waals surface area contributed by atoms with Crippen molar-refractivity contribution in [2.75, 3.05) is 7.11 Å². The van der Waals surface area contributed by atoms with Crippen LogP contribution >= 0.6 is 12.2 Å². The number of benzene rings is 2. The number of para-hydroxylation sites is 1. The number of H-pyrrole nitrogens is 1. The summed E-state index contributed by atoms with van der Waals surface area (Å²) in [5.41, 5.74) is 3.50. The van der Waals surface area contributed by atoms with E-state index in [9.17, 15) is 0 Å². The maximum Gasteiger partial charge on any atom is 0.178 e. The second kappa shape index (κ2) is 5.43. The highest BCUT2D eigenvalue weighted by atomic mass is 32.1. The van der Waals surface area contributed by atoms with Crippen LogP contribution in [0.4, 0.5) is 0 Å². The zero-order chi connectivity index (χ0) is 14.8. The molecule has 1 heterocycles. The maximum atomic E-state index is 9.05. The Hall–Kier alpha value is -2.58. The third-order valence-electron chi connectivity index (χ3n) is 3.43. The van der Waals surface area contributed by atoms with Crippen molar-refractivity contribution in [1.82, 2.24) is 9.55 Å². The number of methoxy groups -OCH3 is 1. The minimum Gasteiger partial charge on any atom is -0.496 e. The van der Waals surface area contributed by atoms with E-state index < -0.39 is 0 Å². The second-order valence-corrected chi connectivity index (χ2v) is 5.06. The van der Waals surface area contributed by atoms with Gasteiger partial charge in [-0.2, -0.15) is 5.26 Å². The van der Waals surface area contributed by atoms with E-state index in [4.69, 9.17) is 22.2 Å². The smallest absolute Gasteiger partial charge is 0.178 e. The lowest BCUT2D eigenvalue weighted by Crippen LogP contribution is -2.02. The Morgan fingerprint density at radius 1 is 1.29 bits per heavy atom. The van der Waals surface area contributed by atoms with Gasteiger partial charge in [-0.3, -0.25) is 0 Å². The predicted octanol–water partition coefficient (Wildman–Crippen LogP) is 3.63. The molecule has 0 aliphatic carbocycles. The molecule has 4 nitrogen and oxygen atoms in total. The molecule has 104 valence electrons. The van der Waals surface area contributed by atoms with Crippen LogP contribution in [0.2, 0.25) is 0 Å². The Morgan fingerprint density at radius 3 is 2.86 bits per heavy atom. The van der Waals surface area contributed by atoms with Crippen LogP contribution in [-0.4, -0.2) is 16.7 Å². The maximum absolute atomic E-state index is 9.05. The van der Waals surface area contributed by atoms with Gasteiger partial charge in [-0.25, -0.2) is 0 Å². The summed E-state index contributed by atoms with van der Waals surface area (Å²) in [5.74, 6) is 0.824. The van der Waals surface area contributed by atoms with Crippen molar-refractivity contribution in [3.05, 3.63) is 58.4 Å². The number of rotatable bonds is 3. The van der Waals surface area contributed by atoms with Crippen LogP contribution in [-0.2, 0) is 6.54 Å². The van der Waals surface area contributed by atoms with Crippen LogP contribution in [0, 0.1) is 16.1 Å². The number of nitrogens with zero attached hydrogens (tertiary/aromatic N) is 2. The molecule has 21 heavy (non-hydrogen) atoms. The fourth-order valence-electron chi connectivity index (χ4n) is 2.38. The molecular formula is C16H13N3OS. The van der Waals surface area contributed by atoms with Gasteiger partial charge in [0.1, 0.15) is 5.75 Å². The fraction of sp³-hybridized carbons (Fsp3) is 0.125. The number of nitrogens with one attached hydrogen (secondary N) is 1. The molecule has 1 aromatic heterocycles. The van der Waals surface area contributed by atoms with E-state index in [0.717, 1.165) is 22.3 Å². The minimum atomic E-state index is 0.595. The SMILES string of the molecule is COc1ccccc1Cn1c(=S)[nH]c2ccc(C#N)cc21. The van der Waals surface area contributed by atoms with E-state index in [-0.39, 0.29) is 0 Å². The molecule has 3 rings (SSSR count). The Bertz CT molecular complexity index is 902. The molecule has 0 atom stereocenters.